The Morgan fingerprint density at radius 1 is 0.477 bits per heavy atom. The Bertz CT molecular complexity index is 5130. The minimum Gasteiger partial charge on any atom is -0.487 e. The first-order valence-electron chi connectivity index (χ1n) is 35.1. The van der Waals surface area contributed by atoms with E-state index in [1.165, 1.54) is 61.0 Å². The van der Waals surface area contributed by atoms with Crippen molar-refractivity contribution in [2.24, 2.45) is 0 Å². The maximum Gasteiger partial charge on any atom is 0.246 e. The lowest BCUT2D eigenvalue weighted by Crippen LogP contribution is -2.43. The summed E-state index contributed by atoms with van der Waals surface area (Å²) in [7, 11) is 2.17. The number of likely N-dealkylation sites (tertiary alicyclic amines) is 3. The highest BCUT2D eigenvalue weighted by molar-refractivity contribution is 6.32. The van der Waals surface area contributed by atoms with Gasteiger partial charge in [0.25, 0.3) is 0 Å². The second-order valence-corrected chi connectivity index (χ2v) is 27.4. The molecule has 3 amide bonds. The Morgan fingerprint density at radius 3 is 1.26 bits per heavy atom. The molecule has 0 aliphatic carbocycles. The average Bonchev–Trinajstić information content (AvgIpc) is 1.63. The zero-order valence-electron chi connectivity index (χ0n) is 58.8. The van der Waals surface area contributed by atoms with Crippen LogP contribution in [0.5, 0.6) is 11.5 Å². The predicted molar refractivity (Wildman–Crippen MR) is 405 cm³/mol. The number of likely N-dealkylation sites (N-methyl/N-ethyl adjacent to an activating group) is 1. The molecule has 4 aliphatic heterocycles. The van der Waals surface area contributed by atoms with Crippen LogP contribution in [-0.2, 0) is 34.1 Å². The molecule has 25 nitrogen and oxygen atoms in total. The fourth-order valence-electron chi connectivity index (χ4n) is 13.9. The summed E-state index contributed by atoms with van der Waals surface area (Å²) in [6, 6.07) is 28.6. The molecule has 0 bridgehead atoms. The Morgan fingerprint density at radius 2 is 0.860 bits per heavy atom. The van der Waals surface area contributed by atoms with Crippen molar-refractivity contribution in [3.63, 3.8) is 0 Å². The molecular formula is C77H79Cl2F3N20O5. The van der Waals surface area contributed by atoms with Crippen molar-refractivity contribution in [1.29, 1.82) is 0 Å². The third kappa shape index (κ3) is 16.5. The molecule has 107 heavy (non-hydrogen) atoms. The summed E-state index contributed by atoms with van der Waals surface area (Å²) in [5.41, 5.74) is 27.6. The Balaban J connectivity index is 0.000000142. The summed E-state index contributed by atoms with van der Waals surface area (Å²) in [5, 5.41) is 17.4. The number of amides is 3. The van der Waals surface area contributed by atoms with Crippen molar-refractivity contribution < 1.29 is 37.0 Å². The van der Waals surface area contributed by atoms with Gasteiger partial charge in [-0.15, -0.1) is 0 Å². The predicted octanol–water partition coefficient (Wildman–Crippen LogP) is 11.9. The lowest BCUT2D eigenvalue weighted by Gasteiger charge is -2.32. The minimum absolute atomic E-state index is 0.0101. The van der Waals surface area contributed by atoms with Gasteiger partial charge in [0.1, 0.15) is 84.0 Å². The van der Waals surface area contributed by atoms with Crippen LogP contribution in [0, 0.1) is 17.5 Å². The first-order valence-corrected chi connectivity index (χ1v) is 35.8. The van der Waals surface area contributed by atoms with Gasteiger partial charge in [0.15, 0.2) is 28.6 Å². The number of piperidine rings is 3. The number of carbonyl (C=O) groups excluding carboxylic acids is 3. The van der Waals surface area contributed by atoms with Crippen molar-refractivity contribution >= 4 is 91.5 Å². The number of benzene rings is 5. The zero-order valence-corrected chi connectivity index (χ0v) is 60.3. The van der Waals surface area contributed by atoms with Gasteiger partial charge < -0.3 is 46.3 Å². The van der Waals surface area contributed by atoms with Crippen LogP contribution in [-0.4, -0.2) is 174 Å². The smallest absolute Gasteiger partial charge is 0.246 e. The van der Waals surface area contributed by atoms with Crippen LogP contribution in [0.1, 0.15) is 73.3 Å². The van der Waals surface area contributed by atoms with E-state index in [0.717, 1.165) is 118 Å². The van der Waals surface area contributed by atoms with Crippen LogP contribution >= 0.6 is 23.2 Å². The number of nitrogen functional groups attached to an aromatic ring is 3. The number of ether oxygens (including phenoxy) is 2. The first kappa shape index (κ1) is 74.0. The third-order valence-electron chi connectivity index (χ3n) is 19.6. The molecule has 0 unspecified atom stereocenters. The molecule has 11 aromatic rings. The van der Waals surface area contributed by atoms with Crippen LogP contribution in [0.15, 0.2) is 160 Å². The number of halogens is 5. The minimum atomic E-state index is -0.945. The van der Waals surface area contributed by atoms with E-state index in [4.69, 9.17) is 65.2 Å². The summed E-state index contributed by atoms with van der Waals surface area (Å²) in [6.07, 6.45) is 13.4. The molecule has 6 aromatic heterocycles. The Hall–Kier alpha value is -11.3. The number of piperazine rings is 1. The summed E-state index contributed by atoms with van der Waals surface area (Å²) in [5.74, 6) is -0.584. The van der Waals surface area contributed by atoms with Gasteiger partial charge in [-0.1, -0.05) is 85.4 Å². The zero-order chi connectivity index (χ0) is 75.0. The molecule has 10 heterocycles. The normalized spacial score (nSPS) is 17.1. The van der Waals surface area contributed by atoms with Crippen LogP contribution in [0.25, 0.3) is 66.9 Å². The molecular weight excluding hydrogens is 1410 g/mol. The van der Waals surface area contributed by atoms with Crippen molar-refractivity contribution in [3.05, 3.63) is 204 Å². The van der Waals surface area contributed by atoms with E-state index in [1.807, 2.05) is 20.3 Å². The molecule has 0 spiro atoms. The highest BCUT2D eigenvalue weighted by Crippen LogP contribution is 2.41. The van der Waals surface area contributed by atoms with E-state index < -0.39 is 11.6 Å². The third-order valence-corrected chi connectivity index (χ3v) is 20.2. The molecule has 15 rings (SSSR count). The van der Waals surface area contributed by atoms with E-state index in [9.17, 15) is 27.6 Å². The lowest BCUT2D eigenvalue weighted by atomic mass is 10.1. The van der Waals surface area contributed by atoms with Gasteiger partial charge >= 0.3 is 0 Å². The molecule has 6 N–H and O–H groups in total. The molecule has 0 saturated carbocycles. The number of nitrogens with two attached hydrogens (primary N) is 3. The van der Waals surface area contributed by atoms with Crippen LogP contribution in [0.3, 0.4) is 0 Å². The molecule has 3 atom stereocenters. The number of aromatic nitrogens is 12. The number of hydrogen-bond donors (Lipinski definition) is 3. The SMILES string of the molecule is C=CC(=O)N1CCC[C@@H](n2nc(-c3ccc(CN4CCN(C)CC4)cc3)c3c(N)ncnc32)C1.C=CC(=O)N1CCC[C@@H](n2nc(-c3ccc(OCc4ccc(F)c(F)c4)c(Cl)c3)c3c(N)ncnc32)C1.C=CC(=O)N1CCC[C@@H](n2nc(-c3ccc(OCc4ccc(F)cc4)c(Cl)c3)c3c(N)ncnc32)C1. The maximum absolute atomic E-state index is 13.5. The van der Waals surface area contributed by atoms with E-state index in [-0.39, 0.29) is 60.7 Å². The van der Waals surface area contributed by atoms with Crippen molar-refractivity contribution in [3.8, 4) is 45.3 Å². The summed E-state index contributed by atoms with van der Waals surface area (Å²) in [6.45, 7) is 20.1. The summed E-state index contributed by atoms with van der Waals surface area (Å²) < 4.78 is 56.9. The van der Waals surface area contributed by atoms with Gasteiger partial charge in [-0.3, -0.25) is 19.3 Å². The second kappa shape index (κ2) is 33.0. The second-order valence-electron chi connectivity index (χ2n) is 26.6. The summed E-state index contributed by atoms with van der Waals surface area (Å²) in [4.78, 5) is 72.8. The van der Waals surface area contributed by atoms with Crippen molar-refractivity contribution in [1.82, 2.24) is 83.7 Å². The van der Waals surface area contributed by atoms with Gasteiger partial charge in [-0.2, -0.15) is 15.3 Å². The topological polar surface area (TPSA) is 295 Å². The monoisotopic (exact) mass is 1490 g/mol. The quantitative estimate of drug-likeness (QED) is 0.0714. The standard InChI is InChI=1S/C26H23ClF2N6O2.C26H24ClFN6O2.C25H32N8O/c1-2-22(36)34-9-3-4-17(12-34)35-26-23(25(30)31-14-32-26)24(33-35)16-6-8-21(18(27)11-16)37-13-15-5-7-19(28)20(29)10-15;1-2-22(35)33-11-3-4-19(13-33)34-26-23(25(29)30-15-31-26)24(32-34)17-7-10-21(20(27)12-17)36-14-16-5-8-18(28)9-6-16;1-3-21(34)32-10-4-5-20(16-32)33-25-22(24(26)27-17-28-25)23(29-33)19-8-6-18(7-9-19)15-31-13-11-30(2)12-14-31/h2,5-8,10-11,14,17H,1,3-4,9,12-13H2,(H2,30,31,32);2,5-10,12,15,19H,1,3-4,11,13-14H2,(H2,29,30,31);3,6-9,17,20H,1,4-5,10-16H2,2H3,(H2,26,27,28)/t17-;19-;20-/m111/s1. The Labute approximate surface area is 624 Å². The highest BCUT2D eigenvalue weighted by Gasteiger charge is 2.32. The number of nitrogens with zero attached hydrogens (tertiary/aromatic N) is 17. The van der Waals surface area contributed by atoms with E-state index in [0.29, 0.717) is 116 Å². The fourth-order valence-corrected chi connectivity index (χ4v) is 14.4. The summed E-state index contributed by atoms with van der Waals surface area (Å²) >= 11 is 13.1. The molecule has 0 radical (unpaired) electrons. The van der Waals surface area contributed by atoms with E-state index >= 15 is 0 Å². The molecule has 4 saturated heterocycles. The van der Waals surface area contributed by atoms with Gasteiger partial charge in [0, 0.05) is 88.7 Å². The largest absolute Gasteiger partial charge is 0.487 e. The van der Waals surface area contributed by atoms with Gasteiger partial charge in [0.05, 0.1) is 44.3 Å². The number of rotatable bonds is 17. The van der Waals surface area contributed by atoms with Crippen LogP contribution in [0.4, 0.5) is 30.6 Å². The molecule has 552 valence electrons. The average molecular weight is 1490 g/mol. The fraction of sp³-hybridized carbons (Fsp3) is 0.299. The molecule has 30 heteroatoms. The highest BCUT2D eigenvalue weighted by atomic mass is 35.5. The number of anilines is 3. The van der Waals surface area contributed by atoms with Crippen LogP contribution < -0.4 is 26.7 Å². The van der Waals surface area contributed by atoms with Gasteiger partial charge in [-0.05, 0) is 141 Å². The van der Waals surface area contributed by atoms with Crippen molar-refractivity contribution in [2.75, 3.05) is 89.7 Å². The maximum atomic E-state index is 13.5. The van der Waals surface area contributed by atoms with Gasteiger partial charge in [0.2, 0.25) is 17.7 Å². The van der Waals surface area contributed by atoms with Gasteiger partial charge in [-0.25, -0.2) is 57.1 Å². The Kier molecular flexibility index (Phi) is 22.8. The van der Waals surface area contributed by atoms with E-state index in [2.05, 4.69) is 90.8 Å². The number of carbonyl (C=O) groups is 3. The molecule has 4 fully saturated rings. The van der Waals surface area contributed by atoms with Crippen molar-refractivity contribution in [2.45, 2.75) is 76.4 Å². The number of hydrogen-bond acceptors (Lipinski definition) is 19. The molecule has 5 aromatic carbocycles. The molecule has 4 aliphatic rings. The van der Waals surface area contributed by atoms with E-state index in [1.54, 1.807) is 56.9 Å². The first-order chi connectivity index (χ1) is 51.8. The number of fused-ring (bicyclic) bond motifs is 3. The lowest BCUT2D eigenvalue weighted by molar-refractivity contribution is -0.128. The van der Waals surface area contributed by atoms with Crippen LogP contribution in [0.2, 0.25) is 10.0 Å².